The van der Waals surface area contributed by atoms with Crippen LogP contribution in [0.5, 0.6) is 0 Å². The Morgan fingerprint density at radius 3 is 0.978 bits per heavy atom. The first-order chi connectivity index (χ1) is 21.3. The van der Waals surface area contributed by atoms with Gasteiger partial charge in [-0.3, -0.25) is 0 Å². The largest absolute Gasteiger partial charge is 2.00 e. The van der Waals surface area contributed by atoms with Gasteiger partial charge in [0.15, 0.2) is 5.79 Å². The number of benzene rings is 4. The summed E-state index contributed by atoms with van der Waals surface area (Å²) >= 11 is 0. The van der Waals surface area contributed by atoms with Gasteiger partial charge in [-0.05, 0) is 68.2 Å². The second-order valence-electron chi connectivity index (χ2n) is 11.0. The number of rotatable bonds is 6. The maximum Gasteiger partial charge on any atom is 2.00 e. The molecule has 6 rings (SSSR count). The molecule has 45 heavy (non-hydrogen) atoms. The maximum atomic E-state index is 12.6. The second-order valence-corrected chi connectivity index (χ2v) is 11.0. The molecule has 1 aliphatic heterocycles. The first-order valence-electron chi connectivity index (χ1n) is 14.9. The molecule has 0 bridgehead atoms. The molecule has 0 unspecified atom stereocenters. The molecule has 2 fully saturated rings. The predicted molar refractivity (Wildman–Crippen MR) is 177 cm³/mol. The van der Waals surface area contributed by atoms with E-state index in [4.69, 9.17) is 9.47 Å². The summed E-state index contributed by atoms with van der Waals surface area (Å²) in [5.74, 6) is -1.05. The third-order valence-electron chi connectivity index (χ3n) is 7.57. The molecule has 0 aromatic heterocycles. The minimum atomic E-state index is -1.60. The molecular weight excluding hydrogens is 592 g/mol. The van der Waals surface area contributed by atoms with Crippen molar-refractivity contribution in [2.75, 3.05) is 0 Å². The van der Waals surface area contributed by atoms with Gasteiger partial charge in [0.2, 0.25) is 0 Å². The van der Waals surface area contributed by atoms with Crippen molar-refractivity contribution in [1.29, 1.82) is 0 Å². The molecule has 2 N–H and O–H groups in total. The zero-order valence-electron chi connectivity index (χ0n) is 26.2. The van der Waals surface area contributed by atoms with Gasteiger partial charge in [-0.1, -0.05) is 121 Å². The van der Waals surface area contributed by atoms with Gasteiger partial charge in [0.25, 0.3) is 0 Å². The Hall–Kier alpha value is -2.96. The molecule has 0 spiro atoms. The quantitative estimate of drug-likeness (QED) is 0.168. The fourth-order valence-corrected chi connectivity index (χ4v) is 5.45. The maximum absolute atomic E-state index is 12.6. The molecule has 2 aliphatic rings. The minimum Gasteiger partial charge on any atom is -0.378 e. The van der Waals surface area contributed by atoms with Crippen LogP contribution < -0.4 is 0 Å². The number of ether oxygens (including phenoxy) is 2. The zero-order chi connectivity index (χ0) is 31.5. The van der Waals surface area contributed by atoms with Crippen LogP contribution in [-0.4, -0.2) is 28.2 Å². The average molecular weight is 635 g/mol. The smallest absolute Gasteiger partial charge is 0.378 e. The fourth-order valence-electron chi connectivity index (χ4n) is 5.45. The summed E-state index contributed by atoms with van der Waals surface area (Å²) in [7, 11) is 0. The van der Waals surface area contributed by atoms with E-state index in [-0.39, 0.29) is 21.7 Å². The molecule has 2 atom stereocenters. The van der Waals surface area contributed by atoms with Crippen LogP contribution in [0.2, 0.25) is 0 Å². The van der Waals surface area contributed by atoms with E-state index in [1.165, 1.54) is 0 Å². The molecule has 4 aromatic rings. The predicted octanol–water partition coefficient (Wildman–Crippen LogP) is 7.79. The van der Waals surface area contributed by atoms with Gasteiger partial charge in [0.05, 0.1) is 0 Å². The van der Waals surface area contributed by atoms with E-state index in [2.05, 4.69) is 6.92 Å². The third kappa shape index (κ3) is 8.65. The van der Waals surface area contributed by atoms with Gasteiger partial charge in [-0.25, -0.2) is 19.1 Å². The monoisotopic (exact) mass is 634 g/mol. The minimum absolute atomic E-state index is 0. The molecule has 4 aromatic carbocycles. The van der Waals surface area contributed by atoms with Crippen molar-refractivity contribution in [3.63, 3.8) is 0 Å². The van der Waals surface area contributed by atoms with Gasteiger partial charge >= 0.3 is 21.7 Å². The van der Waals surface area contributed by atoms with Crippen LogP contribution in [0.4, 0.5) is 0 Å². The number of hydrogen-bond donors (Lipinski definition) is 2. The van der Waals surface area contributed by atoms with Crippen LogP contribution in [0.1, 0.15) is 43.0 Å². The van der Waals surface area contributed by atoms with E-state index in [9.17, 15) is 10.2 Å². The Morgan fingerprint density at radius 1 is 0.556 bits per heavy atom. The molecule has 1 saturated carbocycles. The Balaban J connectivity index is 0.000000482. The van der Waals surface area contributed by atoms with Crippen molar-refractivity contribution < 1.29 is 41.4 Å². The SMILES string of the molecule is CC1(C)O[C@@H](C(O)(c2ccccc2)c2ccccc2)[C@H](C(O)(c2ccccc2)c2ccccc2)O1.[CH2-]/C=C/C.[CH]1[CH][CH][CH][CH]1.[Ti+2]. The van der Waals surface area contributed by atoms with Gasteiger partial charge in [0, 0.05) is 0 Å². The molecule has 1 aliphatic carbocycles. The molecule has 5 radical (unpaired) electrons. The van der Waals surface area contributed by atoms with Crippen molar-refractivity contribution >= 4 is 0 Å². The summed E-state index contributed by atoms with van der Waals surface area (Å²) in [5.41, 5.74) is -0.564. The van der Waals surface area contributed by atoms with Gasteiger partial charge in [0.1, 0.15) is 23.4 Å². The molecule has 1 saturated heterocycles. The molecular formula is C40H42O4Ti+. The van der Waals surface area contributed by atoms with Crippen molar-refractivity contribution in [2.45, 2.75) is 50.0 Å². The van der Waals surface area contributed by atoms with Gasteiger partial charge in [-0.2, -0.15) is 0 Å². The summed E-state index contributed by atoms with van der Waals surface area (Å²) in [6, 6.07) is 37.8. The molecule has 0 amide bonds. The van der Waals surface area contributed by atoms with Crippen LogP contribution in [0.3, 0.4) is 0 Å². The van der Waals surface area contributed by atoms with E-state index in [0.29, 0.717) is 22.3 Å². The van der Waals surface area contributed by atoms with Gasteiger partial charge in [-0.15, -0.1) is 6.92 Å². The Bertz CT molecular complexity index is 1210. The molecule has 5 heteroatoms. The normalized spacial score (nSPS) is 19.0. The number of aliphatic hydroxyl groups is 2. The summed E-state index contributed by atoms with van der Waals surface area (Å²) in [6.45, 7) is 8.99. The van der Waals surface area contributed by atoms with E-state index in [1.54, 1.807) is 6.08 Å². The summed E-state index contributed by atoms with van der Waals surface area (Å²) in [5, 5.41) is 25.2. The summed E-state index contributed by atoms with van der Waals surface area (Å²) in [4.78, 5) is 0. The topological polar surface area (TPSA) is 58.9 Å². The first-order valence-corrected chi connectivity index (χ1v) is 14.9. The van der Waals surface area contributed by atoms with Crippen molar-refractivity contribution in [3.05, 3.63) is 195 Å². The van der Waals surface area contributed by atoms with Crippen LogP contribution in [0, 0.1) is 39.0 Å². The van der Waals surface area contributed by atoms with Crippen LogP contribution in [0.15, 0.2) is 133 Å². The van der Waals surface area contributed by atoms with E-state index in [0.717, 1.165) is 0 Å². The Kier molecular flexibility index (Phi) is 13.9. The van der Waals surface area contributed by atoms with Crippen molar-refractivity contribution in [3.8, 4) is 0 Å². The van der Waals surface area contributed by atoms with Crippen LogP contribution in [0.25, 0.3) is 0 Å². The van der Waals surface area contributed by atoms with E-state index in [1.807, 2.05) is 180 Å². The average Bonchev–Trinajstić information content (AvgIpc) is 3.78. The second kappa shape index (κ2) is 17.1. The first kappa shape index (κ1) is 36.5. The summed E-state index contributed by atoms with van der Waals surface area (Å²) < 4.78 is 13.0. The fraction of sp³-hybridized carbons (Fsp3) is 0.200. The Morgan fingerprint density at radius 2 is 0.778 bits per heavy atom. The molecule has 229 valence electrons. The van der Waals surface area contributed by atoms with Crippen LogP contribution >= 0.6 is 0 Å². The van der Waals surface area contributed by atoms with E-state index >= 15 is 0 Å². The van der Waals surface area contributed by atoms with Crippen molar-refractivity contribution in [1.82, 2.24) is 0 Å². The molecule has 4 nitrogen and oxygen atoms in total. The van der Waals surface area contributed by atoms with Crippen LogP contribution in [-0.2, 0) is 42.4 Å². The molecule has 1 heterocycles. The number of allylic oxidation sites excluding steroid dienone is 2. The number of hydrogen-bond acceptors (Lipinski definition) is 4. The third-order valence-corrected chi connectivity index (χ3v) is 7.57. The standard InChI is InChI=1S/C31H30O4.C5H5.C4H7.Ti/c1-29(2)34-27(30(32,23-15-7-3-8-16-23)24-17-9-4-10-18-24)28(35-29)31(33,25-19-11-5-12-20-25)26-21-13-6-14-22-26;1-2-4-5-3-1;1-3-4-2;/h3-22,27-28,32-33H,1-2H3;1-5H;3-4H,1H2,2H3;/q;;-1;+2/b;;4-3+;/t27-,28-;;;/m1.../s1. The van der Waals surface area contributed by atoms with Gasteiger partial charge < -0.3 is 19.7 Å². The van der Waals surface area contributed by atoms with Crippen molar-refractivity contribution in [2.24, 2.45) is 0 Å². The Labute approximate surface area is 285 Å². The summed E-state index contributed by atoms with van der Waals surface area (Å²) in [6.07, 6.45) is 11.8. The zero-order valence-corrected chi connectivity index (χ0v) is 27.7. The van der Waals surface area contributed by atoms with E-state index < -0.39 is 29.2 Å².